The van der Waals surface area contributed by atoms with Crippen LogP contribution in [-0.2, 0) is 11.4 Å². The molecule has 1 fully saturated rings. The topological polar surface area (TPSA) is 92.8 Å². The van der Waals surface area contributed by atoms with E-state index in [1.54, 1.807) is 18.5 Å². The van der Waals surface area contributed by atoms with Crippen molar-refractivity contribution < 1.29 is 8.94 Å². The van der Waals surface area contributed by atoms with Crippen molar-refractivity contribution in [2.75, 3.05) is 24.2 Å². The number of rotatable bonds is 7. The van der Waals surface area contributed by atoms with Crippen LogP contribution in [0.15, 0.2) is 24.7 Å². The molecule has 1 aliphatic heterocycles. The second-order valence-corrected chi connectivity index (χ2v) is 9.30. The summed E-state index contributed by atoms with van der Waals surface area (Å²) in [5.41, 5.74) is 1.36. The highest BCUT2D eigenvalue weighted by atomic mass is 35.5. The molecule has 0 amide bonds. The lowest BCUT2D eigenvalue weighted by Crippen LogP contribution is -2.47. The minimum atomic E-state index is -1.00. The Labute approximate surface area is 182 Å². The molecule has 3 aromatic heterocycles. The van der Waals surface area contributed by atoms with Gasteiger partial charge in [0, 0.05) is 47.8 Å². The van der Waals surface area contributed by atoms with Crippen LogP contribution in [0.3, 0.4) is 0 Å². The van der Waals surface area contributed by atoms with Crippen LogP contribution in [0, 0.1) is 5.82 Å². The Bertz CT molecular complexity index is 1020. The van der Waals surface area contributed by atoms with Gasteiger partial charge in [0.1, 0.15) is 11.4 Å². The van der Waals surface area contributed by atoms with Gasteiger partial charge >= 0.3 is 0 Å². The number of piperidine rings is 1. The summed E-state index contributed by atoms with van der Waals surface area (Å²) in [7, 11) is 0. The molecule has 2 atom stereocenters. The zero-order valence-corrected chi connectivity index (χ0v) is 18.3. The van der Waals surface area contributed by atoms with Crippen molar-refractivity contribution in [3.8, 4) is 11.4 Å². The molecule has 0 radical (unpaired) electrons. The number of pyridine rings is 1. The van der Waals surface area contributed by atoms with Crippen molar-refractivity contribution in [2.24, 2.45) is 0 Å². The number of hydrogen-bond acceptors (Lipinski definition) is 6. The fraction of sp³-hybridized carbons (Fsp3) is 0.450. The monoisotopic (exact) mass is 450 g/mol. The summed E-state index contributed by atoms with van der Waals surface area (Å²) in [6, 6.07) is 1.86. The number of H-pyrrole nitrogens is 1. The van der Waals surface area contributed by atoms with Gasteiger partial charge in [-0.25, -0.2) is 19.3 Å². The zero-order valence-electron chi connectivity index (χ0n) is 16.7. The molecule has 30 heavy (non-hydrogen) atoms. The average Bonchev–Trinajstić information content (AvgIpc) is 3.16. The number of aromatic amines is 1. The van der Waals surface area contributed by atoms with Gasteiger partial charge in [0.05, 0.1) is 17.3 Å². The summed E-state index contributed by atoms with van der Waals surface area (Å²) in [4.78, 5) is 15.8. The molecule has 1 unspecified atom stereocenters. The Morgan fingerprint density at radius 2 is 2.23 bits per heavy atom. The fourth-order valence-corrected chi connectivity index (χ4v) is 5.32. The standard InChI is InChI=1S/C20H24ClFN6OS/c1-2-7-30(29)28-6-4-3-5-14(28)10-24-20-17(22)12-26-19(27-20)16-11-25-18-15(16)8-13(21)9-23-18/h8-9,11-12,14H,2-7,10H2,1H3,(H,23,25)(H,24,26,27)/t14-,30?/m1/s1. The molecule has 0 bridgehead atoms. The van der Waals surface area contributed by atoms with E-state index in [0.29, 0.717) is 34.4 Å². The fourth-order valence-electron chi connectivity index (χ4n) is 3.74. The van der Waals surface area contributed by atoms with Crippen molar-refractivity contribution in [2.45, 2.75) is 38.6 Å². The van der Waals surface area contributed by atoms with Gasteiger partial charge in [-0.15, -0.1) is 4.31 Å². The van der Waals surface area contributed by atoms with Crippen LogP contribution >= 0.6 is 11.6 Å². The van der Waals surface area contributed by atoms with Crippen LogP contribution in [0.4, 0.5) is 10.2 Å². The van der Waals surface area contributed by atoms with E-state index in [2.05, 4.69) is 25.3 Å². The molecule has 7 nitrogen and oxygen atoms in total. The van der Waals surface area contributed by atoms with Crippen molar-refractivity contribution in [3.05, 3.63) is 35.5 Å². The molecule has 0 saturated carbocycles. The van der Waals surface area contributed by atoms with E-state index >= 15 is 0 Å². The van der Waals surface area contributed by atoms with Crippen molar-refractivity contribution in [3.63, 3.8) is 0 Å². The maximum Gasteiger partial charge on any atom is 0.183 e. The van der Waals surface area contributed by atoms with Gasteiger partial charge in [-0.2, -0.15) is 0 Å². The largest absolute Gasteiger partial charge is 0.598 e. The third-order valence-corrected chi connectivity index (χ3v) is 7.17. The number of anilines is 1. The normalized spacial score (nSPS) is 18.6. The Morgan fingerprint density at radius 3 is 3.07 bits per heavy atom. The minimum absolute atomic E-state index is 0.0834. The van der Waals surface area contributed by atoms with Gasteiger partial charge < -0.3 is 14.9 Å². The van der Waals surface area contributed by atoms with Gasteiger partial charge in [0.2, 0.25) is 0 Å². The van der Waals surface area contributed by atoms with Crippen LogP contribution in [-0.4, -0.2) is 53.7 Å². The first-order valence-electron chi connectivity index (χ1n) is 10.1. The lowest BCUT2D eigenvalue weighted by Gasteiger charge is -2.35. The highest BCUT2D eigenvalue weighted by molar-refractivity contribution is 7.89. The van der Waals surface area contributed by atoms with Crippen LogP contribution < -0.4 is 5.32 Å². The molecule has 10 heteroatoms. The van der Waals surface area contributed by atoms with Gasteiger partial charge in [0.25, 0.3) is 0 Å². The second kappa shape index (κ2) is 9.47. The van der Waals surface area contributed by atoms with E-state index in [-0.39, 0.29) is 11.9 Å². The van der Waals surface area contributed by atoms with E-state index in [9.17, 15) is 8.94 Å². The first kappa shape index (κ1) is 21.3. The number of halogens is 2. The molecular weight excluding hydrogens is 427 g/mol. The third kappa shape index (κ3) is 4.54. The molecule has 4 heterocycles. The number of hydrogen-bond donors (Lipinski definition) is 2. The minimum Gasteiger partial charge on any atom is -0.598 e. The maximum atomic E-state index is 14.4. The number of nitrogens with zero attached hydrogens (tertiary/aromatic N) is 4. The molecule has 4 rings (SSSR count). The lowest BCUT2D eigenvalue weighted by molar-refractivity contribution is 0.261. The van der Waals surface area contributed by atoms with E-state index in [1.165, 1.54) is 0 Å². The molecule has 0 aliphatic carbocycles. The quantitative estimate of drug-likeness (QED) is 0.525. The van der Waals surface area contributed by atoms with Crippen LogP contribution in [0.5, 0.6) is 0 Å². The highest BCUT2D eigenvalue weighted by Gasteiger charge is 2.31. The number of fused-ring (bicyclic) bond motifs is 1. The third-order valence-electron chi connectivity index (χ3n) is 5.20. The molecule has 0 aromatic carbocycles. The van der Waals surface area contributed by atoms with Crippen molar-refractivity contribution in [1.82, 2.24) is 24.2 Å². The van der Waals surface area contributed by atoms with E-state index in [1.807, 2.05) is 11.2 Å². The molecular formula is C20H24ClFN6OS. The zero-order chi connectivity index (χ0) is 21.1. The van der Waals surface area contributed by atoms with E-state index in [0.717, 1.165) is 43.8 Å². The van der Waals surface area contributed by atoms with Gasteiger partial charge in [-0.05, 0) is 25.3 Å². The van der Waals surface area contributed by atoms with Gasteiger partial charge in [0.15, 0.2) is 17.5 Å². The van der Waals surface area contributed by atoms with E-state index < -0.39 is 17.2 Å². The summed E-state index contributed by atoms with van der Waals surface area (Å²) >= 11 is 5.07. The first-order chi connectivity index (χ1) is 14.6. The van der Waals surface area contributed by atoms with Gasteiger partial charge in [-0.1, -0.05) is 24.9 Å². The molecule has 3 aromatic rings. The number of aromatic nitrogens is 4. The smallest absolute Gasteiger partial charge is 0.183 e. The first-order valence-corrected chi connectivity index (χ1v) is 11.8. The molecule has 160 valence electrons. The Kier molecular flexibility index (Phi) is 6.72. The summed E-state index contributed by atoms with van der Waals surface area (Å²) in [5.74, 6) is 0.645. The summed E-state index contributed by atoms with van der Waals surface area (Å²) < 4.78 is 29.0. The molecule has 2 N–H and O–H groups in total. The van der Waals surface area contributed by atoms with E-state index in [4.69, 9.17) is 11.6 Å². The SMILES string of the molecule is CCC[S+]([O-])N1CCCC[C@@H]1CNc1nc(-c2c[nH]c3ncc(Cl)cc23)ncc1F. The predicted molar refractivity (Wildman–Crippen MR) is 118 cm³/mol. The average molecular weight is 451 g/mol. The second-order valence-electron chi connectivity index (χ2n) is 7.34. The van der Waals surface area contributed by atoms with Gasteiger partial charge in [-0.3, -0.25) is 0 Å². The molecule has 1 saturated heterocycles. The predicted octanol–water partition coefficient (Wildman–Crippen LogP) is 4.15. The maximum absolute atomic E-state index is 14.4. The van der Waals surface area contributed by atoms with Crippen LogP contribution in [0.2, 0.25) is 5.02 Å². The summed E-state index contributed by atoms with van der Waals surface area (Å²) in [5, 5.41) is 4.39. The van der Waals surface area contributed by atoms with Crippen molar-refractivity contribution >= 4 is 39.8 Å². The Morgan fingerprint density at radius 1 is 1.37 bits per heavy atom. The summed E-state index contributed by atoms with van der Waals surface area (Å²) in [6.07, 6.45) is 8.37. The van der Waals surface area contributed by atoms with Crippen molar-refractivity contribution in [1.29, 1.82) is 0 Å². The molecule has 1 aliphatic rings. The summed E-state index contributed by atoms with van der Waals surface area (Å²) in [6.45, 7) is 3.31. The lowest BCUT2D eigenvalue weighted by atomic mass is 10.1. The molecule has 0 spiro atoms. The Hall–Kier alpha value is -1.94. The van der Waals surface area contributed by atoms with Crippen LogP contribution in [0.1, 0.15) is 32.6 Å². The highest BCUT2D eigenvalue weighted by Crippen LogP contribution is 2.28. The Balaban J connectivity index is 1.54. The van der Waals surface area contributed by atoms with Crippen LogP contribution in [0.25, 0.3) is 22.4 Å². The number of nitrogens with one attached hydrogen (secondary N) is 2.